The SMILES string of the molecule is N#[N+]c1ccccc1.N#[N+]c1ccccc1.O=[S-](=O)O.[Br-]. The Morgan fingerprint density at radius 2 is 1.00 bits per heavy atom. The summed E-state index contributed by atoms with van der Waals surface area (Å²) in [5, 5.41) is 16.3. The molecule has 110 valence electrons. The van der Waals surface area contributed by atoms with Crippen LogP contribution >= 0.6 is 0 Å². The van der Waals surface area contributed by atoms with Gasteiger partial charge in [-0.3, -0.25) is 0 Å². The zero-order valence-electron chi connectivity index (χ0n) is 10.6. The zero-order valence-corrected chi connectivity index (χ0v) is 13.0. The quantitative estimate of drug-likeness (QED) is 0.323. The van der Waals surface area contributed by atoms with E-state index < -0.39 is 11.0 Å². The smallest absolute Gasteiger partial charge is 0.385 e. The molecule has 0 heterocycles. The van der Waals surface area contributed by atoms with Gasteiger partial charge in [0, 0.05) is 35.3 Å². The van der Waals surface area contributed by atoms with Gasteiger partial charge in [0.2, 0.25) is 10.8 Å². The van der Waals surface area contributed by atoms with Crippen LogP contribution in [0.2, 0.25) is 0 Å². The fourth-order valence-electron chi connectivity index (χ4n) is 0.989. The lowest BCUT2D eigenvalue weighted by Crippen LogP contribution is -3.00. The van der Waals surface area contributed by atoms with Crippen LogP contribution < -0.4 is 17.0 Å². The van der Waals surface area contributed by atoms with E-state index >= 15 is 0 Å². The van der Waals surface area contributed by atoms with Gasteiger partial charge in [0.1, 0.15) is 0 Å². The van der Waals surface area contributed by atoms with E-state index in [1.54, 1.807) is 24.3 Å². The van der Waals surface area contributed by atoms with Crippen LogP contribution in [0.5, 0.6) is 0 Å². The highest BCUT2D eigenvalue weighted by Crippen LogP contribution is 2.08. The highest BCUT2D eigenvalue weighted by atomic mass is 79.9. The number of diazo groups is 2. The Balaban J connectivity index is 0. The molecule has 0 aromatic heterocycles. The first-order chi connectivity index (χ1) is 9.60. The fraction of sp³-hybridized carbons (Fsp3) is 0. The van der Waals surface area contributed by atoms with E-state index in [2.05, 4.69) is 9.95 Å². The van der Waals surface area contributed by atoms with Crippen LogP contribution in [0.15, 0.2) is 60.7 Å². The van der Waals surface area contributed by atoms with Crippen molar-refractivity contribution in [1.29, 1.82) is 10.8 Å². The van der Waals surface area contributed by atoms with Crippen LogP contribution in [0.1, 0.15) is 0 Å². The van der Waals surface area contributed by atoms with Crippen molar-refractivity contribution >= 4 is 22.4 Å². The summed E-state index contributed by atoms with van der Waals surface area (Å²) in [5.41, 5.74) is 1.18. The molecular formula is C12H11BrN4O3S. The van der Waals surface area contributed by atoms with Crippen molar-refractivity contribution in [3.8, 4) is 0 Å². The van der Waals surface area contributed by atoms with E-state index in [4.69, 9.17) is 23.8 Å². The molecule has 0 radical (unpaired) electrons. The second-order valence-electron chi connectivity index (χ2n) is 3.09. The van der Waals surface area contributed by atoms with E-state index in [1.165, 1.54) is 0 Å². The van der Waals surface area contributed by atoms with Crippen LogP contribution in [0.4, 0.5) is 11.4 Å². The van der Waals surface area contributed by atoms with E-state index in [0.29, 0.717) is 11.4 Å². The zero-order chi connectivity index (χ0) is 15.2. The Morgan fingerprint density at radius 1 is 0.762 bits per heavy atom. The minimum Gasteiger partial charge on any atom is -1.00 e. The van der Waals surface area contributed by atoms with Gasteiger partial charge in [-0.1, -0.05) is 36.4 Å². The molecule has 0 fully saturated rings. The summed E-state index contributed by atoms with van der Waals surface area (Å²) in [4.78, 5) is 5.94. The van der Waals surface area contributed by atoms with Gasteiger partial charge >= 0.3 is 11.4 Å². The summed E-state index contributed by atoms with van der Waals surface area (Å²) >= 11 is 0. The Kier molecular flexibility index (Phi) is 14.1. The molecular weight excluding hydrogens is 360 g/mol. The molecule has 1 N–H and O–H groups in total. The predicted molar refractivity (Wildman–Crippen MR) is 73.7 cm³/mol. The second kappa shape index (κ2) is 14.1. The van der Waals surface area contributed by atoms with Crippen molar-refractivity contribution in [3.63, 3.8) is 0 Å². The number of halogens is 1. The van der Waals surface area contributed by atoms with Gasteiger partial charge in [-0.15, -0.1) is 0 Å². The largest absolute Gasteiger partial charge is 1.00 e. The molecule has 21 heavy (non-hydrogen) atoms. The van der Waals surface area contributed by atoms with Crippen molar-refractivity contribution in [2.75, 3.05) is 0 Å². The third kappa shape index (κ3) is 13.9. The molecule has 2 aromatic carbocycles. The molecule has 2 rings (SSSR count). The molecule has 0 spiro atoms. The predicted octanol–water partition coefficient (Wildman–Crippen LogP) is 1.12. The average Bonchev–Trinajstić information content (AvgIpc) is 2.49. The highest BCUT2D eigenvalue weighted by Gasteiger charge is 1.96. The molecule has 0 amide bonds. The second-order valence-corrected chi connectivity index (χ2v) is 3.52. The minimum atomic E-state index is -2.86. The van der Waals surface area contributed by atoms with Crippen molar-refractivity contribution in [2.45, 2.75) is 0 Å². The Morgan fingerprint density at radius 3 is 1.14 bits per heavy atom. The molecule has 9 heteroatoms. The van der Waals surface area contributed by atoms with Crippen LogP contribution in [0.25, 0.3) is 9.95 Å². The Hall–Kier alpha value is -2.33. The lowest BCUT2D eigenvalue weighted by atomic mass is 10.3. The van der Waals surface area contributed by atoms with E-state index in [0.717, 1.165) is 0 Å². The standard InChI is InChI=1S/2C6H5N2.BrH.HO3S/c2*7-8-6-4-2-1-3-5-6;;1-4(2)3/h2*1-5H;1H;(H,1,2,3)/q2*+1;;-1/p-1. The summed E-state index contributed by atoms with van der Waals surface area (Å²) in [6.07, 6.45) is 0. The first kappa shape index (κ1) is 21.0. The molecule has 0 unspecified atom stereocenters. The van der Waals surface area contributed by atoms with Crippen molar-refractivity contribution in [2.24, 2.45) is 0 Å². The van der Waals surface area contributed by atoms with Gasteiger partial charge in [0.05, 0.1) is 0 Å². The number of hydrogen-bond donors (Lipinski definition) is 1. The summed E-state index contributed by atoms with van der Waals surface area (Å²) in [6.45, 7) is 0. The van der Waals surface area contributed by atoms with Crippen molar-refractivity contribution in [3.05, 3.63) is 70.6 Å². The first-order valence-corrected chi connectivity index (χ1v) is 6.22. The minimum absolute atomic E-state index is 0. The third-order valence-electron chi connectivity index (χ3n) is 1.74. The van der Waals surface area contributed by atoms with Gasteiger partial charge in [0.25, 0.3) is 0 Å². The van der Waals surface area contributed by atoms with Crippen LogP contribution in [0, 0.1) is 10.8 Å². The number of nitrogens with zero attached hydrogens (tertiary/aromatic N) is 4. The van der Waals surface area contributed by atoms with Gasteiger partial charge in [-0.05, 0) is 0 Å². The molecule has 0 aliphatic heterocycles. The molecule has 0 saturated carbocycles. The monoisotopic (exact) mass is 370 g/mol. The van der Waals surface area contributed by atoms with Gasteiger partial charge in [-0.2, -0.15) is 0 Å². The lowest BCUT2D eigenvalue weighted by molar-refractivity contribution is -0.00000885. The first-order valence-electron chi connectivity index (χ1n) is 5.18. The van der Waals surface area contributed by atoms with Crippen LogP contribution in [0.3, 0.4) is 0 Å². The van der Waals surface area contributed by atoms with E-state index in [-0.39, 0.29) is 17.0 Å². The van der Waals surface area contributed by atoms with Crippen LogP contribution in [-0.4, -0.2) is 4.55 Å². The van der Waals surface area contributed by atoms with E-state index in [1.807, 2.05) is 36.4 Å². The summed E-state index contributed by atoms with van der Waals surface area (Å²) in [5.74, 6) is 0. The summed E-state index contributed by atoms with van der Waals surface area (Å²) in [6, 6.07) is 17.9. The maximum absolute atomic E-state index is 8.56. The van der Waals surface area contributed by atoms with Crippen LogP contribution in [-0.2, 0) is 19.4 Å². The normalized spacial score (nSPS) is 7.62. The fourth-order valence-corrected chi connectivity index (χ4v) is 0.989. The Labute approximate surface area is 134 Å². The highest BCUT2D eigenvalue weighted by molar-refractivity contribution is 7.65. The lowest BCUT2D eigenvalue weighted by Gasteiger charge is -1.69. The molecule has 0 atom stereocenters. The number of benzene rings is 2. The van der Waals surface area contributed by atoms with E-state index in [9.17, 15) is 0 Å². The topological polar surface area (TPSA) is 111 Å². The van der Waals surface area contributed by atoms with Crippen molar-refractivity contribution < 1.29 is 30.0 Å². The average molecular weight is 371 g/mol. The summed E-state index contributed by atoms with van der Waals surface area (Å²) in [7, 11) is -2.86. The van der Waals surface area contributed by atoms with Gasteiger partial charge in [-0.25, -0.2) is 0 Å². The molecule has 2 aromatic rings. The van der Waals surface area contributed by atoms with Crippen molar-refractivity contribution in [1.82, 2.24) is 0 Å². The molecule has 7 nitrogen and oxygen atoms in total. The Bertz CT molecular complexity index is 594. The summed E-state index contributed by atoms with van der Waals surface area (Å²) < 4.78 is 24.1. The number of rotatable bonds is 0. The molecule has 0 aliphatic rings. The third-order valence-corrected chi connectivity index (χ3v) is 1.74. The number of hydrogen-bond acceptors (Lipinski definition) is 5. The maximum Gasteiger partial charge on any atom is 0.385 e. The molecule has 0 aliphatic carbocycles. The molecule has 0 saturated heterocycles. The van der Waals surface area contributed by atoms with Gasteiger partial charge in [0.15, 0.2) is 9.95 Å². The van der Waals surface area contributed by atoms with Gasteiger partial charge < -0.3 is 30.0 Å². The molecule has 0 bridgehead atoms. The maximum atomic E-state index is 8.56.